The van der Waals surface area contributed by atoms with Crippen LogP contribution in [0.1, 0.15) is 50.7 Å². The molecule has 0 bridgehead atoms. The minimum absolute atomic E-state index is 0.149. The molecule has 1 aromatic carbocycles. The van der Waals surface area contributed by atoms with E-state index in [1.54, 1.807) is 7.11 Å². The Kier molecular flexibility index (Phi) is 3.23. The van der Waals surface area contributed by atoms with E-state index in [4.69, 9.17) is 4.74 Å². The summed E-state index contributed by atoms with van der Waals surface area (Å²) in [6, 6.07) is 6.59. The summed E-state index contributed by atoms with van der Waals surface area (Å²) in [6.07, 6.45) is 5.18. The number of ketones is 1. The van der Waals surface area contributed by atoms with Gasteiger partial charge in [0.15, 0.2) is 5.78 Å². The molecule has 0 aliphatic heterocycles. The van der Waals surface area contributed by atoms with Crippen LogP contribution in [0.15, 0.2) is 29.8 Å². The smallest absolute Gasteiger partial charge is 0.162 e. The second kappa shape index (κ2) is 4.96. The summed E-state index contributed by atoms with van der Waals surface area (Å²) in [5, 5.41) is 0. The third kappa shape index (κ3) is 1.96. The maximum Gasteiger partial charge on any atom is 0.162 e. The Labute approximate surface area is 138 Å². The van der Waals surface area contributed by atoms with E-state index in [0.717, 1.165) is 25.0 Å². The highest BCUT2D eigenvalue weighted by atomic mass is 16.5. The van der Waals surface area contributed by atoms with E-state index >= 15 is 0 Å². The van der Waals surface area contributed by atoms with Gasteiger partial charge in [-0.15, -0.1) is 0 Å². The fourth-order valence-corrected chi connectivity index (χ4v) is 5.82. The third-order valence-electron chi connectivity index (χ3n) is 6.87. The lowest BCUT2D eigenvalue weighted by atomic mass is 9.52. The van der Waals surface area contributed by atoms with Crippen LogP contribution in [0.3, 0.4) is 0 Å². The molecule has 0 aromatic heterocycles. The zero-order valence-corrected chi connectivity index (χ0v) is 14.6. The van der Waals surface area contributed by atoms with Crippen LogP contribution in [-0.2, 0) is 11.2 Å². The van der Waals surface area contributed by atoms with Crippen molar-refractivity contribution in [3.63, 3.8) is 0 Å². The lowest BCUT2D eigenvalue weighted by Gasteiger charge is -2.51. The van der Waals surface area contributed by atoms with E-state index in [2.05, 4.69) is 39.0 Å². The van der Waals surface area contributed by atoms with Crippen molar-refractivity contribution >= 4 is 5.78 Å². The van der Waals surface area contributed by atoms with Gasteiger partial charge in [-0.2, -0.15) is 0 Å². The number of benzene rings is 1. The van der Waals surface area contributed by atoms with Gasteiger partial charge in [0.1, 0.15) is 5.75 Å². The number of fused-ring (bicyclic) bond motifs is 5. The number of carbonyl (C=O) groups excluding carboxylic acids is 1. The molecule has 4 rings (SSSR count). The summed E-state index contributed by atoms with van der Waals surface area (Å²) in [4.78, 5) is 12.6. The molecule has 23 heavy (non-hydrogen) atoms. The van der Waals surface area contributed by atoms with E-state index in [0.29, 0.717) is 29.5 Å². The minimum Gasteiger partial charge on any atom is -0.497 e. The van der Waals surface area contributed by atoms with Crippen LogP contribution in [0.25, 0.3) is 0 Å². The topological polar surface area (TPSA) is 26.3 Å². The molecule has 1 saturated carbocycles. The average Bonchev–Trinajstić information content (AvgIpc) is 2.76. The maximum absolute atomic E-state index is 12.6. The van der Waals surface area contributed by atoms with E-state index < -0.39 is 0 Å². The average molecular weight is 310 g/mol. The van der Waals surface area contributed by atoms with Crippen molar-refractivity contribution in [1.29, 1.82) is 0 Å². The highest BCUT2D eigenvalue weighted by Gasteiger charge is 2.56. The van der Waals surface area contributed by atoms with Crippen molar-refractivity contribution in [1.82, 2.24) is 0 Å². The third-order valence-corrected chi connectivity index (χ3v) is 6.87. The molecule has 0 N–H and O–H groups in total. The first-order chi connectivity index (χ1) is 11.0. The van der Waals surface area contributed by atoms with Crippen LogP contribution in [0.5, 0.6) is 5.75 Å². The standard InChI is InChI=1S/C21H26O2/c1-12-9-14-11-15(23-4)5-6-16(14)17-7-8-21(3)18(22)10-13(2)20(21)19(12)17/h5-6,10-12,17,19-20H,7-9H2,1-4H3/t12-,17-,19-,20+,21-/m1/s1. The van der Waals surface area contributed by atoms with Crippen LogP contribution < -0.4 is 4.74 Å². The van der Waals surface area contributed by atoms with Crippen LogP contribution in [0.2, 0.25) is 0 Å². The molecule has 1 aromatic rings. The number of allylic oxidation sites excluding steroid dienone is 2. The van der Waals surface area contributed by atoms with Gasteiger partial charge in [-0.3, -0.25) is 4.79 Å². The van der Waals surface area contributed by atoms with Crippen LogP contribution in [0, 0.1) is 23.2 Å². The summed E-state index contributed by atoms with van der Waals surface area (Å²) in [6.45, 7) is 6.76. The Hall–Kier alpha value is -1.57. The van der Waals surface area contributed by atoms with Crippen molar-refractivity contribution in [3.8, 4) is 5.75 Å². The molecule has 3 aliphatic carbocycles. The van der Waals surface area contributed by atoms with Crippen molar-refractivity contribution in [3.05, 3.63) is 41.0 Å². The Morgan fingerprint density at radius 1 is 1.30 bits per heavy atom. The SMILES string of the molecule is COc1ccc2c(c1)C[C@@H](C)[C@@H]1[C@@H]2CC[C@]2(C)C(=O)C=C(C)[C@@H]12. The predicted molar refractivity (Wildman–Crippen MR) is 91.7 cm³/mol. The fourth-order valence-electron chi connectivity index (χ4n) is 5.82. The van der Waals surface area contributed by atoms with Gasteiger partial charge in [0.25, 0.3) is 0 Å². The largest absolute Gasteiger partial charge is 0.497 e. The molecule has 0 spiro atoms. The first kappa shape index (κ1) is 15.0. The number of hydrogen-bond donors (Lipinski definition) is 0. The molecule has 2 heteroatoms. The van der Waals surface area contributed by atoms with Gasteiger partial charge in [-0.05, 0) is 79.2 Å². The maximum atomic E-state index is 12.6. The minimum atomic E-state index is -0.149. The summed E-state index contributed by atoms with van der Waals surface area (Å²) >= 11 is 0. The molecule has 0 amide bonds. The molecule has 0 heterocycles. The molecule has 0 unspecified atom stereocenters. The van der Waals surface area contributed by atoms with Crippen molar-refractivity contribution in [2.45, 2.75) is 46.0 Å². The second-order valence-electron chi connectivity index (χ2n) is 8.12. The number of carbonyl (C=O) groups is 1. The Bertz CT molecular complexity index is 702. The molecule has 2 nitrogen and oxygen atoms in total. The van der Waals surface area contributed by atoms with Gasteiger partial charge >= 0.3 is 0 Å². The fraction of sp³-hybridized carbons (Fsp3) is 0.571. The van der Waals surface area contributed by atoms with E-state index in [1.165, 1.54) is 16.7 Å². The number of rotatable bonds is 1. The Morgan fingerprint density at radius 2 is 2.09 bits per heavy atom. The summed E-state index contributed by atoms with van der Waals surface area (Å²) in [5.41, 5.74) is 4.12. The molecule has 5 atom stereocenters. The molecular formula is C21H26O2. The molecule has 1 fully saturated rings. The molecule has 122 valence electrons. The first-order valence-corrected chi connectivity index (χ1v) is 8.85. The van der Waals surface area contributed by atoms with Gasteiger partial charge in [0.05, 0.1) is 7.11 Å². The summed E-state index contributed by atoms with van der Waals surface area (Å²) in [5.74, 6) is 3.55. The second-order valence-corrected chi connectivity index (χ2v) is 8.12. The lowest BCUT2D eigenvalue weighted by molar-refractivity contribution is -0.127. The zero-order valence-electron chi connectivity index (χ0n) is 14.6. The summed E-state index contributed by atoms with van der Waals surface area (Å²) < 4.78 is 5.41. The molecular weight excluding hydrogens is 284 g/mol. The van der Waals surface area contributed by atoms with E-state index in [-0.39, 0.29) is 5.41 Å². The van der Waals surface area contributed by atoms with Crippen molar-refractivity contribution in [2.75, 3.05) is 7.11 Å². The van der Waals surface area contributed by atoms with Crippen LogP contribution in [0.4, 0.5) is 0 Å². The Morgan fingerprint density at radius 3 is 2.83 bits per heavy atom. The number of ether oxygens (including phenoxy) is 1. The quantitative estimate of drug-likeness (QED) is 0.761. The number of methoxy groups -OCH3 is 1. The molecule has 3 aliphatic rings. The van der Waals surface area contributed by atoms with Gasteiger partial charge in [0.2, 0.25) is 0 Å². The molecule has 0 saturated heterocycles. The molecule has 0 radical (unpaired) electrons. The van der Waals surface area contributed by atoms with Gasteiger partial charge in [-0.25, -0.2) is 0 Å². The predicted octanol–water partition coefficient (Wildman–Crippen LogP) is 4.53. The first-order valence-electron chi connectivity index (χ1n) is 8.85. The van der Waals surface area contributed by atoms with Crippen LogP contribution >= 0.6 is 0 Å². The van der Waals surface area contributed by atoms with Crippen LogP contribution in [-0.4, -0.2) is 12.9 Å². The van der Waals surface area contributed by atoms with Gasteiger partial charge in [0, 0.05) is 5.41 Å². The van der Waals surface area contributed by atoms with Gasteiger partial charge in [-0.1, -0.05) is 25.5 Å². The monoisotopic (exact) mass is 310 g/mol. The van der Waals surface area contributed by atoms with Gasteiger partial charge < -0.3 is 4.74 Å². The summed E-state index contributed by atoms with van der Waals surface area (Å²) in [7, 11) is 1.74. The highest BCUT2D eigenvalue weighted by Crippen LogP contribution is 2.61. The van der Waals surface area contributed by atoms with E-state index in [1.807, 2.05) is 6.08 Å². The van der Waals surface area contributed by atoms with Crippen molar-refractivity contribution < 1.29 is 9.53 Å². The lowest BCUT2D eigenvalue weighted by Crippen LogP contribution is -2.46. The Balaban J connectivity index is 1.79. The normalized spacial score (nSPS) is 38.4. The highest BCUT2D eigenvalue weighted by molar-refractivity contribution is 5.98. The number of hydrogen-bond acceptors (Lipinski definition) is 2. The zero-order chi connectivity index (χ0) is 16.4. The van der Waals surface area contributed by atoms with E-state index in [9.17, 15) is 4.79 Å². The van der Waals surface area contributed by atoms with Crippen molar-refractivity contribution in [2.24, 2.45) is 23.2 Å².